The van der Waals surface area contributed by atoms with Crippen LogP contribution >= 0.6 is 0 Å². The van der Waals surface area contributed by atoms with Gasteiger partial charge in [-0.05, 0) is 61.4 Å². The Morgan fingerprint density at radius 2 is 1.67 bits per heavy atom. The molecule has 0 spiro atoms. The van der Waals surface area contributed by atoms with Crippen LogP contribution in [0.4, 0.5) is 15.8 Å². The van der Waals surface area contributed by atoms with E-state index in [4.69, 9.17) is 9.47 Å². The van der Waals surface area contributed by atoms with Gasteiger partial charge in [-0.3, -0.25) is 9.59 Å². The zero-order valence-corrected chi connectivity index (χ0v) is 18.5. The third-order valence-electron chi connectivity index (χ3n) is 5.24. The molecule has 3 aromatic rings. The average molecular weight is 446 g/mol. The summed E-state index contributed by atoms with van der Waals surface area (Å²) in [7, 11) is 1.53. The Balaban J connectivity index is 1.86. The summed E-state index contributed by atoms with van der Waals surface area (Å²) in [5, 5.41) is 3.10. The number of benzene rings is 3. The molecule has 1 N–H and O–H groups in total. The Morgan fingerprint density at radius 1 is 0.939 bits per heavy atom. The minimum atomic E-state index is -0.546. The minimum absolute atomic E-state index is 0.0711. The fraction of sp³-hybridized carbons (Fsp3) is 0.154. The molecule has 0 bridgehead atoms. The lowest BCUT2D eigenvalue weighted by atomic mass is 10.0. The van der Waals surface area contributed by atoms with Crippen molar-refractivity contribution in [2.45, 2.75) is 13.8 Å². The fourth-order valence-corrected chi connectivity index (χ4v) is 3.72. The van der Waals surface area contributed by atoms with Crippen LogP contribution in [0.3, 0.4) is 0 Å². The van der Waals surface area contributed by atoms with Crippen LogP contribution in [-0.4, -0.2) is 25.5 Å². The molecule has 0 aromatic heterocycles. The Labute approximate surface area is 191 Å². The third-order valence-corrected chi connectivity index (χ3v) is 5.24. The summed E-state index contributed by atoms with van der Waals surface area (Å²) < 4.78 is 24.7. The van der Waals surface area contributed by atoms with Gasteiger partial charge < -0.3 is 14.8 Å². The standard InChI is InChI=1S/C26H23FN2O4/c1-4-33-22-8-6-5-7-20(22)29-25(30)23(17-10-12-18(27)13-11-17)24(26(29)31)28-19-15-16(2)9-14-21(19)32-3/h5-15,28H,4H2,1-3H3. The number of para-hydroxylation sites is 2. The van der Waals surface area contributed by atoms with Gasteiger partial charge in [0.05, 0.1) is 30.7 Å². The maximum absolute atomic E-state index is 13.6. The van der Waals surface area contributed by atoms with E-state index in [1.54, 1.807) is 30.3 Å². The van der Waals surface area contributed by atoms with E-state index < -0.39 is 17.6 Å². The van der Waals surface area contributed by atoms with Crippen molar-refractivity contribution in [1.82, 2.24) is 0 Å². The predicted molar refractivity (Wildman–Crippen MR) is 125 cm³/mol. The van der Waals surface area contributed by atoms with Gasteiger partial charge in [-0.2, -0.15) is 0 Å². The lowest BCUT2D eigenvalue weighted by Gasteiger charge is -2.19. The van der Waals surface area contributed by atoms with E-state index in [1.807, 2.05) is 26.0 Å². The molecule has 0 radical (unpaired) electrons. The predicted octanol–water partition coefficient (Wildman–Crippen LogP) is 4.94. The Morgan fingerprint density at radius 3 is 2.36 bits per heavy atom. The third kappa shape index (κ3) is 4.17. The minimum Gasteiger partial charge on any atom is -0.495 e. The highest BCUT2D eigenvalue weighted by atomic mass is 19.1. The first kappa shape index (κ1) is 22.1. The van der Waals surface area contributed by atoms with Gasteiger partial charge in [0.2, 0.25) is 0 Å². The number of nitrogens with one attached hydrogen (secondary N) is 1. The lowest BCUT2D eigenvalue weighted by Crippen LogP contribution is -2.32. The number of carbonyl (C=O) groups excluding carboxylic acids is 2. The van der Waals surface area contributed by atoms with Gasteiger partial charge in [0.1, 0.15) is 23.0 Å². The summed E-state index contributed by atoms with van der Waals surface area (Å²) in [6.07, 6.45) is 0. The molecule has 0 atom stereocenters. The maximum Gasteiger partial charge on any atom is 0.282 e. The number of hydrogen-bond acceptors (Lipinski definition) is 5. The average Bonchev–Trinajstić information content (AvgIpc) is 3.04. The zero-order valence-electron chi connectivity index (χ0n) is 18.5. The normalized spacial score (nSPS) is 13.5. The number of nitrogens with zero attached hydrogens (tertiary/aromatic N) is 1. The SMILES string of the molecule is CCOc1ccccc1N1C(=O)C(Nc2cc(C)ccc2OC)=C(c2ccc(F)cc2)C1=O. The number of amides is 2. The van der Waals surface area contributed by atoms with Crippen LogP contribution < -0.4 is 19.7 Å². The van der Waals surface area contributed by atoms with E-state index in [9.17, 15) is 14.0 Å². The number of rotatable bonds is 7. The number of imide groups is 1. The molecule has 168 valence electrons. The van der Waals surface area contributed by atoms with Crippen LogP contribution in [0.15, 0.2) is 72.4 Å². The first-order chi connectivity index (χ1) is 15.9. The number of halogens is 1. The molecule has 0 saturated carbocycles. The number of aryl methyl sites for hydroxylation is 1. The van der Waals surface area contributed by atoms with E-state index in [0.717, 1.165) is 10.5 Å². The summed E-state index contributed by atoms with van der Waals surface area (Å²) >= 11 is 0. The highest BCUT2D eigenvalue weighted by Gasteiger charge is 2.41. The van der Waals surface area contributed by atoms with Crippen molar-refractivity contribution < 1.29 is 23.5 Å². The maximum atomic E-state index is 13.6. The van der Waals surface area contributed by atoms with E-state index >= 15 is 0 Å². The topological polar surface area (TPSA) is 67.9 Å². The number of ether oxygens (including phenoxy) is 2. The van der Waals surface area contributed by atoms with Crippen LogP contribution in [-0.2, 0) is 9.59 Å². The molecular formula is C26H23FN2O4. The Bertz CT molecular complexity index is 1250. The van der Waals surface area contributed by atoms with Gasteiger partial charge in [0.15, 0.2) is 0 Å². The van der Waals surface area contributed by atoms with Crippen LogP contribution in [0.25, 0.3) is 5.57 Å². The molecule has 1 heterocycles. The molecule has 6 nitrogen and oxygen atoms in total. The molecule has 0 unspecified atom stereocenters. The summed E-state index contributed by atoms with van der Waals surface area (Å²) in [4.78, 5) is 28.3. The van der Waals surface area contributed by atoms with Gasteiger partial charge >= 0.3 is 0 Å². The van der Waals surface area contributed by atoms with Crippen LogP contribution in [0, 0.1) is 12.7 Å². The Hall–Kier alpha value is -4.13. The summed E-state index contributed by atoms with van der Waals surface area (Å²) in [6.45, 7) is 4.10. The van der Waals surface area contributed by atoms with Crippen molar-refractivity contribution in [3.63, 3.8) is 0 Å². The van der Waals surface area contributed by atoms with Crippen molar-refractivity contribution in [2.75, 3.05) is 23.9 Å². The first-order valence-corrected chi connectivity index (χ1v) is 10.5. The van der Waals surface area contributed by atoms with Gasteiger partial charge in [-0.15, -0.1) is 0 Å². The van der Waals surface area contributed by atoms with E-state index in [-0.39, 0.29) is 11.3 Å². The van der Waals surface area contributed by atoms with Crippen molar-refractivity contribution in [3.05, 3.63) is 89.4 Å². The van der Waals surface area contributed by atoms with Crippen LogP contribution in [0.5, 0.6) is 11.5 Å². The van der Waals surface area contributed by atoms with Crippen molar-refractivity contribution in [3.8, 4) is 11.5 Å². The number of anilines is 2. The first-order valence-electron chi connectivity index (χ1n) is 10.5. The van der Waals surface area contributed by atoms with Crippen molar-refractivity contribution >= 4 is 28.8 Å². The van der Waals surface area contributed by atoms with Gasteiger partial charge in [-0.25, -0.2) is 9.29 Å². The van der Waals surface area contributed by atoms with Gasteiger partial charge in [0.25, 0.3) is 11.8 Å². The fourth-order valence-electron chi connectivity index (χ4n) is 3.72. The highest BCUT2D eigenvalue weighted by Crippen LogP contribution is 2.39. The number of carbonyl (C=O) groups is 2. The van der Waals surface area contributed by atoms with Crippen molar-refractivity contribution in [1.29, 1.82) is 0 Å². The molecule has 0 aliphatic carbocycles. The second kappa shape index (κ2) is 9.16. The molecular weight excluding hydrogens is 423 g/mol. The molecule has 7 heteroatoms. The second-order valence-electron chi connectivity index (χ2n) is 7.43. The largest absolute Gasteiger partial charge is 0.495 e. The second-order valence-corrected chi connectivity index (χ2v) is 7.43. The molecule has 1 aliphatic rings. The van der Waals surface area contributed by atoms with Gasteiger partial charge in [-0.1, -0.05) is 30.3 Å². The summed E-state index contributed by atoms with van der Waals surface area (Å²) in [6, 6.07) is 17.8. The van der Waals surface area contributed by atoms with E-state index in [0.29, 0.717) is 35.0 Å². The molecule has 2 amide bonds. The van der Waals surface area contributed by atoms with E-state index in [2.05, 4.69) is 5.32 Å². The molecule has 0 saturated heterocycles. The molecule has 1 aliphatic heterocycles. The van der Waals surface area contributed by atoms with Crippen molar-refractivity contribution in [2.24, 2.45) is 0 Å². The smallest absolute Gasteiger partial charge is 0.282 e. The quantitative estimate of drug-likeness (QED) is 0.521. The van der Waals surface area contributed by atoms with Crippen LogP contribution in [0.2, 0.25) is 0 Å². The molecule has 0 fully saturated rings. The highest BCUT2D eigenvalue weighted by molar-refractivity contribution is 6.46. The summed E-state index contributed by atoms with van der Waals surface area (Å²) in [5.74, 6) is -0.595. The molecule has 4 rings (SSSR count). The number of hydrogen-bond donors (Lipinski definition) is 1. The molecule has 3 aromatic carbocycles. The van der Waals surface area contributed by atoms with Gasteiger partial charge in [0, 0.05) is 0 Å². The van der Waals surface area contributed by atoms with E-state index in [1.165, 1.54) is 31.4 Å². The monoisotopic (exact) mass is 446 g/mol. The number of methoxy groups -OCH3 is 1. The molecule has 33 heavy (non-hydrogen) atoms. The summed E-state index contributed by atoms with van der Waals surface area (Å²) in [5.41, 5.74) is 2.43. The Kier molecular flexibility index (Phi) is 6.13. The zero-order chi connectivity index (χ0) is 23.5. The lowest BCUT2D eigenvalue weighted by molar-refractivity contribution is -0.120. The van der Waals surface area contributed by atoms with Crippen LogP contribution in [0.1, 0.15) is 18.1 Å².